The summed E-state index contributed by atoms with van der Waals surface area (Å²) in [7, 11) is 1.68. The van der Waals surface area contributed by atoms with Crippen molar-refractivity contribution in [2.24, 2.45) is 11.7 Å². The van der Waals surface area contributed by atoms with E-state index in [-0.39, 0.29) is 6.04 Å². The van der Waals surface area contributed by atoms with Crippen molar-refractivity contribution in [3.05, 3.63) is 23.3 Å². The largest absolute Gasteiger partial charge is 0.493 e. The molecule has 1 aliphatic heterocycles. The fourth-order valence-corrected chi connectivity index (χ4v) is 2.15. The van der Waals surface area contributed by atoms with Gasteiger partial charge in [-0.2, -0.15) is 0 Å². The molecule has 2 atom stereocenters. The summed E-state index contributed by atoms with van der Waals surface area (Å²) in [6.45, 7) is 4.79. The predicted molar refractivity (Wildman–Crippen MR) is 64.1 cm³/mol. The van der Waals surface area contributed by atoms with Crippen LogP contribution in [0.5, 0.6) is 11.5 Å². The van der Waals surface area contributed by atoms with Crippen LogP contribution in [0.4, 0.5) is 0 Å². The molecule has 0 fully saturated rings. The predicted octanol–water partition coefficient (Wildman–Crippen LogP) is 1.90. The number of ether oxygens (including phenoxy) is 2. The van der Waals surface area contributed by atoms with E-state index in [9.17, 15) is 0 Å². The summed E-state index contributed by atoms with van der Waals surface area (Å²) in [5.41, 5.74) is 8.33. The molecule has 0 radical (unpaired) electrons. The fourth-order valence-electron chi connectivity index (χ4n) is 2.15. The minimum Gasteiger partial charge on any atom is -0.493 e. The molecular formula is C13H19NO2. The normalized spacial score (nSPS) is 20.9. The lowest BCUT2D eigenvalue weighted by atomic mass is 9.91. The summed E-state index contributed by atoms with van der Waals surface area (Å²) in [6.07, 6.45) is 0.977. The van der Waals surface area contributed by atoms with Crippen LogP contribution in [0.1, 0.15) is 18.1 Å². The second-order valence-electron chi connectivity index (χ2n) is 4.59. The van der Waals surface area contributed by atoms with Crippen LogP contribution in [0.25, 0.3) is 0 Å². The molecule has 3 heteroatoms. The molecular weight excluding hydrogens is 202 g/mol. The Hall–Kier alpha value is -1.22. The molecule has 0 saturated heterocycles. The second-order valence-corrected chi connectivity index (χ2v) is 4.59. The van der Waals surface area contributed by atoms with Gasteiger partial charge < -0.3 is 15.2 Å². The highest BCUT2D eigenvalue weighted by Crippen LogP contribution is 2.37. The third kappa shape index (κ3) is 2.00. The molecule has 0 aliphatic carbocycles. The van der Waals surface area contributed by atoms with E-state index in [4.69, 9.17) is 15.2 Å². The molecule has 1 aliphatic rings. The summed E-state index contributed by atoms with van der Waals surface area (Å²) in [6, 6.07) is 4.33. The summed E-state index contributed by atoms with van der Waals surface area (Å²) in [5, 5.41) is 0. The molecule has 1 aromatic rings. The SMILES string of the molecule is COc1cc(C)cc2c1OCC(C(C)N)C2. The highest BCUT2D eigenvalue weighted by Gasteiger charge is 2.25. The topological polar surface area (TPSA) is 44.5 Å². The van der Waals surface area contributed by atoms with Gasteiger partial charge in [-0.3, -0.25) is 0 Å². The molecule has 2 N–H and O–H groups in total. The maximum atomic E-state index is 5.92. The number of hydrogen-bond donors (Lipinski definition) is 1. The van der Waals surface area contributed by atoms with Gasteiger partial charge in [-0.1, -0.05) is 6.07 Å². The minimum atomic E-state index is 0.166. The molecule has 0 spiro atoms. The molecule has 2 rings (SSSR count). The zero-order valence-electron chi connectivity index (χ0n) is 10.1. The van der Waals surface area contributed by atoms with Gasteiger partial charge in [0.05, 0.1) is 13.7 Å². The van der Waals surface area contributed by atoms with Gasteiger partial charge in [0.1, 0.15) is 0 Å². The molecule has 0 bridgehead atoms. The summed E-state index contributed by atoms with van der Waals surface area (Å²) in [5.74, 6) is 2.13. The van der Waals surface area contributed by atoms with Crippen molar-refractivity contribution in [1.82, 2.24) is 0 Å². The van der Waals surface area contributed by atoms with Crippen molar-refractivity contribution >= 4 is 0 Å². The molecule has 1 aromatic carbocycles. The Morgan fingerprint density at radius 3 is 2.88 bits per heavy atom. The average Bonchev–Trinajstić information content (AvgIpc) is 2.26. The Morgan fingerprint density at radius 1 is 1.50 bits per heavy atom. The molecule has 2 unspecified atom stereocenters. The molecule has 0 amide bonds. The van der Waals surface area contributed by atoms with Gasteiger partial charge in [0, 0.05) is 12.0 Å². The van der Waals surface area contributed by atoms with Gasteiger partial charge >= 0.3 is 0 Å². The Balaban J connectivity index is 2.35. The lowest BCUT2D eigenvalue weighted by Crippen LogP contribution is -2.35. The van der Waals surface area contributed by atoms with Crippen molar-refractivity contribution in [3.63, 3.8) is 0 Å². The third-order valence-corrected chi connectivity index (χ3v) is 3.16. The van der Waals surface area contributed by atoms with E-state index in [1.54, 1.807) is 7.11 Å². The Kier molecular flexibility index (Phi) is 3.06. The zero-order valence-corrected chi connectivity index (χ0v) is 10.1. The van der Waals surface area contributed by atoms with Gasteiger partial charge in [-0.05, 0) is 37.5 Å². The van der Waals surface area contributed by atoms with E-state index in [1.807, 2.05) is 13.0 Å². The number of hydrogen-bond acceptors (Lipinski definition) is 3. The first kappa shape index (κ1) is 11.3. The quantitative estimate of drug-likeness (QED) is 0.829. The number of aryl methyl sites for hydroxylation is 1. The van der Waals surface area contributed by atoms with Crippen molar-refractivity contribution in [2.45, 2.75) is 26.3 Å². The molecule has 16 heavy (non-hydrogen) atoms. The van der Waals surface area contributed by atoms with Crippen LogP contribution in [-0.4, -0.2) is 19.8 Å². The van der Waals surface area contributed by atoms with E-state index in [0.29, 0.717) is 12.5 Å². The number of fused-ring (bicyclic) bond motifs is 1. The van der Waals surface area contributed by atoms with Gasteiger partial charge in [0.15, 0.2) is 11.5 Å². The van der Waals surface area contributed by atoms with Crippen LogP contribution in [-0.2, 0) is 6.42 Å². The van der Waals surface area contributed by atoms with Crippen molar-refractivity contribution in [2.75, 3.05) is 13.7 Å². The van der Waals surface area contributed by atoms with Crippen LogP contribution in [0.2, 0.25) is 0 Å². The number of methoxy groups -OCH3 is 1. The molecule has 0 saturated carbocycles. The molecule has 88 valence electrons. The van der Waals surface area contributed by atoms with Crippen LogP contribution < -0.4 is 15.2 Å². The maximum Gasteiger partial charge on any atom is 0.164 e. The molecule has 3 nitrogen and oxygen atoms in total. The van der Waals surface area contributed by atoms with E-state index in [0.717, 1.165) is 17.9 Å². The fraction of sp³-hybridized carbons (Fsp3) is 0.538. The van der Waals surface area contributed by atoms with Gasteiger partial charge in [-0.15, -0.1) is 0 Å². The summed E-state index contributed by atoms with van der Waals surface area (Å²) < 4.78 is 11.1. The number of benzene rings is 1. The molecule has 0 aromatic heterocycles. The van der Waals surface area contributed by atoms with Crippen LogP contribution >= 0.6 is 0 Å². The van der Waals surface area contributed by atoms with Crippen LogP contribution in [0, 0.1) is 12.8 Å². The van der Waals surface area contributed by atoms with E-state index >= 15 is 0 Å². The first-order valence-electron chi connectivity index (χ1n) is 5.67. The van der Waals surface area contributed by atoms with E-state index < -0.39 is 0 Å². The summed E-state index contributed by atoms with van der Waals surface area (Å²) in [4.78, 5) is 0. The number of nitrogens with two attached hydrogens (primary N) is 1. The standard InChI is InChI=1S/C13H19NO2/c1-8-4-10-6-11(9(2)14)7-16-13(10)12(5-8)15-3/h4-5,9,11H,6-7,14H2,1-3H3. The van der Waals surface area contributed by atoms with E-state index in [2.05, 4.69) is 13.0 Å². The zero-order chi connectivity index (χ0) is 11.7. The first-order valence-corrected chi connectivity index (χ1v) is 5.67. The monoisotopic (exact) mass is 221 g/mol. The minimum absolute atomic E-state index is 0.166. The third-order valence-electron chi connectivity index (χ3n) is 3.16. The Bertz CT molecular complexity index is 388. The first-order chi connectivity index (χ1) is 7.61. The van der Waals surface area contributed by atoms with Gasteiger partial charge in [0.25, 0.3) is 0 Å². The second kappa shape index (κ2) is 4.34. The van der Waals surface area contributed by atoms with Crippen molar-refractivity contribution in [1.29, 1.82) is 0 Å². The van der Waals surface area contributed by atoms with Gasteiger partial charge in [-0.25, -0.2) is 0 Å². The lowest BCUT2D eigenvalue weighted by Gasteiger charge is -2.29. The van der Waals surface area contributed by atoms with Crippen molar-refractivity contribution in [3.8, 4) is 11.5 Å². The van der Waals surface area contributed by atoms with Crippen molar-refractivity contribution < 1.29 is 9.47 Å². The van der Waals surface area contributed by atoms with Gasteiger partial charge in [0.2, 0.25) is 0 Å². The Morgan fingerprint density at radius 2 is 2.25 bits per heavy atom. The lowest BCUT2D eigenvalue weighted by molar-refractivity contribution is 0.196. The smallest absolute Gasteiger partial charge is 0.164 e. The van der Waals surface area contributed by atoms with E-state index in [1.165, 1.54) is 11.1 Å². The van der Waals surface area contributed by atoms with Crippen LogP contribution in [0.15, 0.2) is 12.1 Å². The van der Waals surface area contributed by atoms with Crippen LogP contribution in [0.3, 0.4) is 0 Å². The molecule has 1 heterocycles. The average molecular weight is 221 g/mol. The summed E-state index contributed by atoms with van der Waals surface area (Å²) >= 11 is 0. The Labute approximate surface area is 96.5 Å². The maximum absolute atomic E-state index is 5.92. The number of rotatable bonds is 2. The highest BCUT2D eigenvalue weighted by molar-refractivity contribution is 5.50. The highest BCUT2D eigenvalue weighted by atomic mass is 16.5.